The molecule has 6 heteroatoms. The SMILES string of the molecule is O=C(O)c1nn2cccc(F)c2c1Br. The Morgan fingerprint density at radius 1 is 1.64 bits per heavy atom. The van der Waals surface area contributed by atoms with Gasteiger partial charge in [0.15, 0.2) is 5.69 Å². The first-order valence-electron chi connectivity index (χ1n) is 3.67. The standard InChI is InChI=1S/C8H4BrFN2O2/c9-5-6(8(13)14)11-12-3-1-2-4(10)7(5)12/h1-3H,(H,13,14). The topological polar surface area (TPSA) is 54.6 Å². The maximum atomic E-state index is 13.2. The van der Waals surface area contributed by atoms with E-state index in [1.165, 1.54) is 22.8 Å². The van der Waals surface area contributed by atoms with Crippen molar-refractivity contribution in [2.75, 3.05) is 0 Å². The highest BCUT2D eigenvalue weighted by Crippen LogP contribution is 2.24. The van der Waals surface area contributed by atoms with Gasteiger partial charge < -0.3 is 5.11 Å². The average molecular weight is 259 g/mol. The molecule has 0 atom stereocenters. The number of pyridine rings is 1. The lowest BCUT2D eigenvalue weighted by Crippen LogP contribution is -1.98. The highest BCUT2D eigenvalue weighted by atomic mass is 79.9. The molecule has 0 fully saturated rings. The van der Waals surface area contributed by atoms with Crippen LogP contribution in [-0.2, 0) is 0 Å². The molecule has 2 aromatic heterocycles. The van der Waals surface area contributed by atoms with Gasteiger partial charge in [-0.2, -0.15) is 5.10 Å². The van der Waals surface area contributed by atoms with Crippen molar-refractivity contribution in [3.05, 3.63) is 34.3 Å². The summed E-state index contributed by atoms with van der Waals surface area (Å²) in [5, 5.41) is 12.4. The van der Waals surface area contributed by atoms with E-state index in [0.717, 1.165) is 0 Å². The number of carbonyl (C=O) groups is 1. The fourth-order valence-electron chi connectivity index (χ4n) is 1.16. The summed E-state index contributed by atoms with van der Waals surface area (Å²) in [6.45, 7) is 0. The smallest absolute Gasteiger partial charge is 0.357 e. The summed E-state index contributed by atoms with van der Waals surface area (Å²) in [6, 6.07) is 2.70. The molecule has 0 aliphatic carbocycles. The highest BCUT2D eigenvalue weighted by molar-refractivity contribution is 9.10. The summed E-state index contributed by atoms with van der Waals surface area (Å²) < 4.78 is 14.6. The minimum absolute atomic E-state index is 0.130. The molecule has 0 aromatic carbocycles. The molecule has 0 unspecified atom stereocenters. The van der Waals surface area contributed by atoms with E-state index in [2.05, 4.69) is 21.0 Å². The van der Waals surface area contributed by atoms with Gasteiger partial charge in [0, 0.05) is 6.20 Å². The van der Waals surface area contributed by atoms with Crippen LogP contribution >= 0.6 is 15.9 Å². The van der Waals surface area contributed by atoms with Crippen LogP contribution in [0.4, 0.5) is 4.39 Å². The summed E-state index contributed by atoms with van der Waals surface area (Å²) in [5.74, 6) is -1.71. The molecule has 1 N–H and O–H groups in total. The van der Waals surface area contributed by atoms with E-state index in [4.69, 9.17) is 5.11 Å². The van der Waals surface area contributed by atoms with Gasteiger partial charge in [-0.15, -0.1) is 0 Å². The zero-order chi connectivity index (χ0) is 10.3. The summed E-state index contributed by atoms with van der Waals surface area (Å²) in [7, 11) is 0. The number of nitrogens with zero attached hydrogens (tertiary/aromatic N) is 2. The van der Waals surface area contributed by atoms with Gasteiger partial charge >= 0.3 is 5.97 Å². The van der Waals surface area contributed by atoms with Crippen LogP contribution in [0.15, 0.2) is 22.8 Å². The van der Waals surface area contributed by atoms with Crippen molar-refractivity contribution < 1.29 is 14.3 Å². The Morgan fingerprint density at radius 2 is 2.36 bits per heavy atom. The predicted octanol–water partition coefficient (Wildman–Crippen LogP) is 1.93. The molecule has 72 valence electrons. The minimum Gasteiger partial charge on any atom is -0.476 e. The van der Waals surface area contributed by atoms with Crippen LogP contribution in [0.2, 0.25) is 0 Å². The van der Waals surface area contributed by atoms with E-state index in [1.54, 1.807) is 0 Å². The fourth-order valence-corrected chi connectivity index (χ4v) is 1.78. The van der Waals surface area contributed by atoms with Crippen molar-refractivity contribution in [2.24, 2.45) is 0 Å². The second-order valence-electron chi connectivity index (χ2n) is 2.62. The zero-order valence-electron chi connectivity index (χ0n) is 6.74. The summed E-state index contributed by atoms with van der Waals surface area (Å²) in [6.07, 6.45) is 1.48. The number of hydrogen-bond donors (Lipinski definition) is 1. The monoisotopic (exact) mass is 258 g/mol. The lowest BCUT2D eigenvalue weighted by atomic mass is 10.3. The molecular weight excluding hydrogens is 255 g/mol. The van der Waals surface area contributed by atoms with E-state index in [9.17, 15) is 9.18 Å². The summed E-state index contributed by atoms with van der Waals surface area (Å²) >= 11 is 3.00. The molecule has 4 nitrogen and oxygen atoms in total. The third-order valence-electron chi connectivity index (χ3n) is 1.75. The number of carboxylic acids is 1. The van der Waals surface area contributed by atoms with Gasteiger partial charge in [0.05, 0.1) is 4.47 Å². The fraction of sp³-hybridized carbons (Fsp3) is 0. The van der Waals surface area contributed by atoms with E-state index < -0.39 is 11.8 Å². The lowest BCUT2D eigenvalue weighted by molar-refractivity contribution is 0.0689. The molecule has 0 bridgehead atoms. The van der Waals surface area contributed by atoms with Gasteiger partial charge in [0.25, 0.3) is 0 Å². The molecule has 0 saturated carbocycles. The quantitative estimate of drug-likeness (QED) is 0.851. The molecule has 0 saturated heterocycles. The lowest BCUT2D eigenvalue weighted by Gasteiger charge is -1.92. The molecule has 14 heavy (non-hydrogen) atoms. The van der Waals surface area contributed by atoms with E-state index >= 15 is 0 Å². The first-order chi connectivity index (χ1) is 6.61. The number of hydrogen-bond acceptors (Lipinski definition) is 2. The van der Waals surface area contributed by atoms with Gasteiger partial charge in [0.2, 0.25) is 0 Å². The molecule has 2 heterocycles. The van der Waals surface area contributed by atoms with E-state index in [1.807, 2.05) is 0 Å². The Bertz CT molecular complexity index is 523. The Hall–Kier alpha value is -1.43. The first kappa shape index (κ1) is 9.14. The molecule has 0 amide bonds. The van der Waals surface area contributed by atoms with E-state index in [0.29, 0.717) is 0 Å². The normalized spacial score (nSPS) is 10.7. The third kappa shape index (κ3) is 1.19. The second kappa shape index (κ2) is 3.06. The second-order valence-corrected chi connectivity index (χ2v) is 3.41. The molecule has 0 aliphatic heterocycles. The molecule has 0 spiro atoms. The number of rotatable bonds is 1. The molecule has 2 rings (SSSR count). The van der Waals surface area contributed by atoms with Crippen LogP contribution in [0.25, 0.3) is 5.52 Å². The Balaban J connectivity index is 2.87. The van der Waals surface area contributed by atoms with Crippen molar-refractivity contribution >= 4 is 27.4 Å². The van der Waals surface area contributed by atoms with Crippen molar-refractivity contribution in [3.63, 3.8) is 0 Å². The van der Waals surface area contributed by atoms with Crippen molar-refractivity contribution in [1.82, 2.24) is 9.61 Å². The van der Waals surface area contributed by atoms with Crippen molar-refractivity contribution in [2.45, 2.75) is 0 Å². The summed E-state index contributed by atoms with van der Waals surface area (Å²) in [5.41, 5.74) is -0.0694. The minimum atomic E-state index is -1.19. The van der Waals surface area contributed by atoms with Gasteiger partial charge in [-0.3, -0.25) is 0 Å². The van der Waals surface area contributed by atoms with Crippen LogP contribution in [0.5, 0.6) is 0 Å². The number of carboxylic acid groups (broad SMARTS) is 1. The number of halogens is 2. The maximum absolute atomic E-state index is 13.2. The van der Waals surface area contributed by atoms with Crippen LogP contribution < -0.4 is 0 Å². The van der Waals surface area contributed by atoms with Crippen LogP contribution in [0.3, 0.4) is 0 Å². The third-order valence-corrected chi connectivity index (χ3v) is 2.50. The van der Waals surface area contributed by atoms with Crippen molar-refractivity contribution in [3.8, 4) is 0 Å². The number of aromatic carboxylic acids is 1. The van der Waals surface area contributed by atoms with Crippen LogP contribution in [-0.4, -0.2) is 20.7 Å². The van der Waals surface area contributed by atoms with Crippen LogP contribution in [0, 0.1) is 5.82 Å². The zero-order valence-corrected chi connectivity index (χ0v) is 8.32. The largest absolute Gasteiger partial charge is 0.476 e. The van der Waals surface area contributed by atoms with Gasteiger partial charge in [0.1, 0.15) is 11.3 Å². The molecule has 0 radical (unpaired) electrons. The molecular formula is C8H4BrFN2O2. The maximum Gasteiger partial charge on any atom is 0.357 e. The molecule has 0 aliphatic rings. The Kier molecular flexibility index (Phi) is 1.99. The van der Waals surface area contributed by atoms with Gasteiger partial charge in [-0.25, -0.2) is 13.7 Å². The first-order valence-corrected chi connectivity index (χ1v) is 4.46. The van der Waals surface area contributed by atoms with Gasteiger partial charge in [-0.05, 0) is 28.1 Å². The number of fused-ring (bicyclic) bond motifs is 1. The molecule has 2 aromatic rings. The van der Waals surface area contributed by atoms with Crippen LogP contribution in [0.1, 0.15) is 10.5 Å². The highest BCUT2D eigenvalue weighted by Gasteiger charge is 2.18. The summed E-state index contributed by atoms with van der Waals surface area (Å²) in [4.78, 5) is 10.7. The van der Waals surface area contributed by atoms with Gasteiger partial charge in [-0.1, -0.05) is 0 Å². The average Bonchev–Trinajstić information content (AvgIpc) is 2.45. The number of aromatic nitrogens is 2. The van der Waals surface area contributed by atoms with Crippen molar-refractivity contribution in [1.29, 1.82) is 0 Å². The predicted molar refractivity (Wildman–Crippen MR) is 49.8 cm³/mol. The Morgan fingerprint density at radius 3 is 2.93 bits per heavy atom. The van der Waals surface area contributed by atoms with E-state index in [-0.39, 0.29) is 15.7 Å². The Labute approximate surface area is 86.1 Å².